The summed E-state index contributed by atoms with van der Waals surface area (Å²) >= 11 is 0. The Balaban J connectivity index is 2.24. The van der Waals surface area contributed by atoms with Crippen molar-refractivity contribution in [3.8, 4) is 0 Å². The zero-order valence-electron chi connectivity index (χ0n) is 10.6. The lowest BCUT2D eigenvalue weighted by Gasteiger charge is -2.09. The second kappa shape index (κ2) is 5.47. The predicted molar refractivity (Wildman–Crippen MR) is 69.5 cm³/mol. The molecule has 0 fully saturated rings. The molecule has 0 saturated carbocycles. The molecule has 2 heterocycles. The Labute approximate surface area is 109 Å². The number of aryl methyl sites for hydroxylation is 1. The van der Waals surface area contributed by atoms with Gasteiger partial charge in [0.05, 0.1) is 23.6 Å². The maximum Gasteiger partial charge on any atom is 0.259 e. The zero-order valence-corrected chi connectivity index (χ0v) is 10.6. The molecule has 7 heteroatoms. The van der Waals surface area contributed by atoms with Gasteiger partial charge in [-0.2, -0.15) is 5.10 Å². The van der Waals surface area contributed by atoms with Gasteiger partial charge in [-0.3, -0.25) is 9.48 Å². The summed E-state index contributed by atoms with van der Waals surface area (Å²) in [7, 11) is 1.74. The summed E-state index contributed by atoms with van der Waals surface area (Å²) in [6.45, 7) is 2.46. The molecular weight excluding hydrogens is 249 g/mol. The molecule has 0 aliphatic rings. The van der Waals surface area contributed by atoms with E-state index in [1.807, 2.05) is 6.92 Å². The molecule has 0 aliphatic carbocycles. The molecule has 2 aromatic rings. The van der Waals surface area contributed by atoms with Gasteiger partial charge in [-0.15, -0.1) is 0 Å². The summed E-state index contributed by atoms with van der Waals surface area (Å²) < 4.78 is 14.8. The lowest BCUT2D eigenvalue weighted by Crippen LogP contribution is -2.16. The van der Waals surface area contributed by atoms with E-state index in [2.05, 4.69) is 20.7 Å². The SMILES string of the molecule is CCNc1ncc(F)cc1C(=O)Nc1cnn(C)c1. The topological polar surface area (TPSA) is 71.8 Å². The first-order chi connectivity index (χ1) is 9.10. The van der Waals surface area contributed by atoms with E-state index in [0.29, 0.717) is 18.1 Å². The third-order valence-corrected chi connectivity index (χ3v) is 2.41. The van der Waals surface area contributed by atoms with Crippen LogP contribution in [-0.2, 0) is 7.05 Å². The number of amides is 1. The smallest absolute Gasteiger partial charge is 0.259 e. The fourth-order valence-corrected chi connectivity index (χ4v) is 1.60. The first-order valence-electron chi connectivity index (χ1n) is 5.79. The first-order valence-corrected chi connectivity index (χ1v) is 5.79. The summed E-state index contributed by atoms with van der Waals surface area (Å²) in [4.78, 5) is 15.9. The molecule has 0 unspecified atom stereocenters. The molecular formula is C12H14FN5O. The van der Waals surface area contributed by atoms with Gasteiger partial charge in [0.15, 0.2) is 0 Å². The highest BCUT2D eigenvalue weighted by Crippen LogP contribution is 2.15. The minimum atomic E-state index is -0.557. The number of pyridine rings is 1. The molecule has 2 rings (SSSR count). The minimum Gasteiger partial charge on any atom is -0.370 e. The molecule has 0 atom stereocenters. The van der Waals surface area contributed by atoms with Crippen molar-refractivity contribution in [1.29, 1.82) is 0 Å². The largest absolute Gasteiger partial charge is 0.370 e. The van der Waals surface area contributed by atoms with E-state index >= 15 is 0 Å². The van der Waals surface area contributed by atoms with Gasteiger partial charge in [0.1, 0.15) is 11.6 Å². The van der Waals surface area contributed by atoms with Crippen LogP contribution < -0.4 is 10.6 Å². The lowest BCUT2D eigenvalue weighted by molar-refractivity contribution is 0.102. The van der Waals surface area contributed by atoms with Crippen LogP contribution in [0.4, 0.5) is 15.9 Å². The molecule has 0 spiro atoms. The van der Waals surface area contributed by atoms with E-state index in [1.54, 1.807) is 17.9 Å². The maximum atomic E-state index is 13.2. The summed E-state index contributed by atoms with van der Waals surface area (Å²) in [6.07, 6.45) is 4.23. The number of rotatable bonds is 4. The molecule has 0 radical (unpaired) electrons. The number of nitrogens with one attached hydrogen (secondary N) is 2. The summed E-state index contributed by atoms with van der Waals surface area (Å²) in [5.74, 6) is -0.640. The normalized spacial score (nSPS) is 10.3. The van der Waals surface area contributed by atoms with Gasteiger partial charge in [-0.05, 0) is 13.0 Å². The van der Waals surface area contributed by atoms with Gasteiger partial charge in [0, 0.05) is 19.8 Å². The van der Waals surface area contributed by atoms with Crippen molar-refractivity contribution in [2.45, 2.75) is 6.92 Å². The minimum absolute atomic E-state index is 0.158. The molecule has 0 aromatic carbocycles. The average molecular weight is 263 g/mol. The molecule has 0 saturated heterocycles. The van der Waals surface area contributed by atoms with Crippen molar-refractivity contribution in [1.82, 2.24) is 14.8 Å². The molecule has 0 bridgehead atoms. The molecule has 2 aromatic heterocycles. The lowest BCUT2D eigenvalue weighted by atomic mass is 10.2. The summed E-state index contributed by atoms with van der Waals surface area (Å²) in [6, 6.07) is 1.15. The van der Waals surface area contributed by atoms with Gasteiger partial charge in [0.2, 0.25) is 0 Å². The van der Waals surface area contributed by atoms with Crippen LogP contribution in [0.15, 0.2) is 24.7 Å². The van der Waals surface area contributed by atoms with Crippen molar-refractivity contribution in [2.75, 3.05) is 17.2 Å². The molecule has 2 N–H and O–H groups in total. The average Bonchev–Trinajstić information content (AvgIpc) is 2.77. The number of hydrogen-bond acceptors (Lipinski definition) is 4. The monoisotopic (exact) mass is 263 g/mol. The van der Waals surface area contributed by atoms with Crippen LogP contribution in [0.3, 0.4) is 0 Å². The van der Waals surface area contributed by atoms with E-state index in [-0.39, 0.29) is 5.56 Å². The van der Waals surface area contributed by atoms with Crippen LogP contribution in [0.5, 0.6) is 0 Å². The Hall–Kier alpha value is -2.44. The van der Waals surface area contributed by atoms with E-state index in [0.717, 1.165) is 12.3 Å². The van der Waals surface area contributed by atoms with Crippen molar-refractivity contribution in [3.63, 3.8) is 0 Å². The molecule has 6 nitrogen and oxygen atoms in total. The number of halogens is 1. The number of aromatic nitrogens is 3. The molecule has 100 valence electrons. The Kier molecular flexibility index (Phi) is 3.74. The second-order valence-corrected chi connectivity index (χ2v) is 3.94. The summed E-state index contributed by atoms with van der Waals surface area (Å²) in [5, 5.41) is 9.49. The fourth-order valence-electron chi connectivity index (χ4n) is 1.60. The van der Waals surface area contributed by atoms with Gasteiger partial charge in [-0.25, -0.2) is 9.37 Å². The van der Waals surface area contributed by atoms with E-state index < -0.39 is 11.7 Å². The Morgan fingerprint density at radius 3 is 2.89 bits per heavy atom. The molecule has 1 amide bonds. The van der Waals surface area contributed by atoms with Crippen LogP contribution in [0.25, 0.3) is 0 Å². The second-order valence-electron chi connectivity index (χ2n) is 3.94. The van der Waals surface area contributed by atoms with Crippen LogP contribution >= 0.6 is 0 Å². The number of hydrogen-bond donors (Lipinski definition) is 2. The summed E-state index contributed by atoms with van der Waals surface area (Å²) in [5.41, 5.74) is 0.699. The third-order valence-electron chi connectivity index (χ3n) is 2.41. The van der Waals surface area contributed by atoms with Crippen molar-refractivity contribution in [2.24, 2.45) is 7.05 Å². The maximum absolute atomic E-state index is 13.2. The molecule has 0 aliphatic heterocycles. The van der Waals surface area contributed by atoms with Crippen molar-refractivity contribution in [3.05, 3.63) is 36.0 Å². The Bertz CT molecular complexity index is 596. The van der Waals surface area contributed by atoms with E-state index in [1.165, 1.54) is 6.20 Å². The van der Waals surface area contributed by atoms with E-state index in [9.17, 15) is 9.18 Å². The predicted octanol–water partition coefficient (Wildman–Crippen LogP) is 1.64. The number of nitrogens with zero attached hydrogens (tertiary/aromatic N) is 3. The van der Waals surface area contributed by atoms with Crippen LogP contribution in [-0.4, -0.2) is 27.2 Å². The highest BCUT2D eigenvalue weighted by Gasteiger charge is 2.14. The van der Waals surface area contributed by atoms with Gasteiger partial charge in [0.25, 0.3) is 5.91 Å². The number of carbonyl (C=O) groups is 1. The van der Waals surface area contributed by atoms with Crippen molar-refractivity contribution >= 4 is 17.4 Å². The molecule has 19 heavy (non-hydrogen) atoms. The Morgan fingerprint density at radius 2 is 2.26 bits per heavy atom. The first kappa shape index (κ1) is 13.0. The number of anilines is 2. The van der Waals surface area contributed by atoms with Gasteiger partial charge < -0.3 is 10.6 Å². The van der Waals surface area contributed by atoms with Gasteiger partial charge in [-0.1, -0.05) is 0 Å². The highest BCUT2D eigenvalue weighted by atomic mass is 19.1. The zero-order chi connectivity index (χ0) is 13.8. The Morgan fingerprint density at radius 1 is 1.47 bits per heavy atom. The quantitative estimate of drug-likeness (QED) is 0.879. The fraction of sp³-hybridized carbons (Fsp3) is 0.250. The van der Waals surface area contributed by atoms with Gasteiger partial charge >= 0.3 is 0 Å². The van der Waals surface area contributed by atoms with Crippen LogP contribution in [0.2, 0.25) is 0 Å². The van der Waals surface area contributed by atoms with Crippen LogP contribution in [0.1, 0.15) is 17.3 Å². The third kappa shape index (κ3) is 3.06. The van der Waals surface area contributed by atoms with Crippen LogP contribution in [0, 0.1) is 5.82 Å². The van der Waals surface area contributed by atoms with E-state index in [4.69, 9.17) is 0 Å². The van der Waals surface area contributed by atoms with Crippen molar-refractivity contribution < 1.29 is 9.18 Å². The number of carbonyl (C=O) groups excluding carboxylic acids is 1. The standard InChI is InChI=1S/C12H14FN5O/c1-3-14-11-10(4-8(13)5-15-11)12(19)17-9-6-16-18(2)7-9/h4-7H,3H2,1-2H3,(H,14,15)(H,17,19). The highest BCUT2D eigenvalue weighted by molar-refractivity contribution is 6.07.